The van der Waals surface area contributed by atoms with E-state index in [1.807, 2.05) is 24.3 Å². The van der Waals surface area contributed by atoms with E-state index in [-0.39, 0.29) is 11.5 Å². The molecule has 1 nitrogen and oxygen atoms in total. The first-order chi connectivity index (χ1) is 13.6. The molecule has 0 unspecified atom stereocenters. The van der Waals surface area contributed by atoms with Crippen LogP contribution in [-0.2, 0) is 12.7 Å². The number of hydrogen-bond donors (Lipinski definition) is 0. The number of halogens is 3. The fraction of sp³-hybridized carbons (Fsp3) is 0.520. The summed E-state index contributed by atoms with van der Waals surface area (Å²) in [5, 5.41) is 0. The predicted molar refractivity (Wildman–Crippen MR) is 114 cm³/mol. The Bertz CT molecular complexity index is 815. The smallest absolute Gasteiger partial charge is 0.299 e. The van der Waals surface area contributed by atoms with Crippen molar-refractivity contribution in [2.45, 2.75) is 59.2 Å². The predicted octanol–water partition coefficient (Wildman–Crippen LogP) is 7.36. The molecule has 0 aliphatic carbocycles. The molecule has 4 heteroatoms. The van der Waals surface area contributed by atoms with Crippen molar-refractivity contribution >= 4 is 0 Å². The first-order valence-corrected chi connectivity index (χ1v) is 10.7. The highest BCUT2D eigenvalue weighted by Gasteiger charge is 2.34. The zero-order valence-electron chi connectivity index (χ0n) is 17.9. The van der Waals surface area contributed by atoms with Gasteiger partial charge >= 0.3 is 6.18 Å². The molecule has 0 spiro atoms. The summed E-state index contributed by atoms with van der Waals surface area (Å²) in [6.45, 7) is 11.1. The molecule has 1 heterocycles. The van der Waals surface area contributed by atoms with Gasteiger partial charge in [-0.3, -0.25) is 4.90 Å². The van der Waals surface area contributed by atoms with E-state index in [9.17, 15) is 13.2 Å². The Morgan fingerprint density at radius 2 is 1.66 bits per heavy atom. The van der Waals surface area contributed by atoms with Gasteiger partial charge < -0.3 is 0 Å². The van der Waals surface area contributed by atoms with Gasteiger partial charge in [0.1, 0.15) is 0 Å². The van der Waals surface area contributed by atoms with Crippen molar-refractivity contribution in [2.75, 3.05) is 13.1 Å². The molecule has 0 bridgehead atoms. The lowest BCUT2D eigenvalue weighted by molar-refractivity contribution is -0.137. The molecule has 1 fully saturated rings. The largest absolute Gasteiger partial charge is 0.417 e. The summed E-state index contributed by atoms with van der Waals surface area (Å²) in [7, 11) is 0. The van der Waals surface area contributed by atoms with Crippen molar-refractivity contribution in [3.8, 4) is 11.1 Å². The molecular weight excluding hydrogens is 371 g/mol. The molecule has 0 saturated carbocycles. The van der Waals surface area contributed by atoms with E-state index >= 15 is 0 Å². The van der Waals surface area contributed by atoms with Crippen LogP contribution < -0.4 is 0 Å². The summed E-state index contributed by atoms with van der Waals surface area (Å²) in [5.41, 5.74) is 2.15. The highest BCUT2D eigenvalue weighted by molar-refractivity contribution is 5.69. The van der Waals surface area contributed by atoms with Crippen LogP contribution in [0.4, 0.5) is 13.2 Å². The van der Waals surface area contributed by atoms with Crippen LogP contribution in [0.15, 0.2) is 42.5 Å². The summed E-state index contributed by atoms with van der Waals surface area (Å²) < 4.78 is 41.6. The number of hydrogen-bond acceptors (Lipinski definition) is 1. The van der Waals surface area contributed by atoms with Gasteiger partial charge in [0.15, 0.2) is 0 Å². The molecule has 3 rings (SSSR count). The van der Waals surface area contributed by atoms with E-state index < -0.39 is 11.7 Å². The molecule has 29 heavy (non-hydrogen) atoms. The second-order valence-corrected chi connectivity index (χ2v) is 9.02. The zero-order chi connectivity index (χ0) is 21.2. The minimum atomic E-state index is -4.37. The number of alkyl halides is 3. The van der Waals surface area contributed by atoms with E-state index in [2.05, 4.69) is 32.6 Å². The summed E-state index contributed by atoms with van der Waals surface area (Å²) in [5.74, 6) is 1.68. The maximum atomic E-state index is 13.9. The standard InChI is InChI=1S/C25H32F3N/c1-17(2)20-10-12-29(13-11-20)16-19-8-9-23(24(14-19)25(26,27)28)22-7-5-6-21(15-22)18(3)4/h5-9,14-15,17-18,20H,10-13,16H2,1-4H3. The van der Waals surface area contributed by atoms with Gasteiger partial charge in [-0.2, -0.15) is 13.2 Å². The van der Waals surface area contributed by atoms with Gasteiger partial charge in [0.2, 0.25) is 0 Å². The average Bonchev–Trinajstić information content (AvgIpc) is 2.68. The lowest BCUT2D eigenvalue weighted by Crippen LogP contribution is -2.34. The molecular formula is C25H32F3N. The van der Waals surface area contributed by atoms with Crippen molar-refractivity contribution in [3.63, 3.8) is 0 Å². The minimum Gasteiger partial charge on any atom is -0.299 e. The van der Waals surface area contributed by atoms with Gasteiger partial charge in [0, 0.05) is 6.54 Å². The fourth-order valence-electron chi connectivity index (χ4n) is 4.28. The Kier molecular flexibility index (Phi) is 6.72. The molecule has 1 saturated heterocycles. The van der Waals surface area contributed by atoms with Crippen LogP contribution in [0.3, 0.4) is 0 Å². The van der Waals surface area contributed by atoms with Crippen molar-refractivity contribution in [2.24, 2.45) is 11.8 Å². The quantitative estimate of drug-likeness (QED) is 0.504. The third-order valence-corrected chi connectivity index (χ3v) is 6.23. The Morgan fingerprint density at radius 1 is 0.966 bits per heavy atom. The molecule has 2 aromatic rings. The first kappa shape index (κ1) is 21.9. The highest BCUT2D eigenvalue weighted by atomic mass is 19.4. The van der Waals surface area contributed by atoms with Gasteiger partial charge in [0.05, 0.1) is 5.56 Å². The summed E-state index contributed by atoms with van der Waals surface area (Å²) in [4.78, 5) is 2.29. The van der Waals surface area contributed by atoms with Crippen LogP contribution in [0.5, 0.6) is 0 Å². The van der Waals surface area contributed by atoms with Crippen LogP contribution in [0.25, 0.3) is 11.1 Å². The fourth-order valence-corrected chi connectivity index (χ4v) is 4.28. The molecule has 0 radical (unpaired) electrons. The Labute approximate surface area is 172 Å². The lowest BCUT2D eigenvalue weighted by Gasteiger charge is -2.34. The van der Waals surface area contributed by atoms with Crippen LogP contribution in [0.2, 0.25) is 0 Å². The van der Waals surface area contributed by atoms with E-state index in [0.29, 0.717) is 18.0 Å². The van der Waals surface area contributed by atoms with Gasteiger partial charge in [0.25, 0.3) is 0 Å². The van der Waals surface area contributed by atoms with Crippen molar-refractivity contribution in [3.05, 3.63) is 59.2 Å². The maximum Gasteiger partial charge on any atom is 0.417 e. The van der Waals surface area contributed by atoms with Crippen molar-refractivity contribution in [1.82, 2.24) is 4.90 Å². The zero-order valence-corrected chi connectivity index (χ0v) is 17.9. The summed E-state index contributed by atoms with van der Waals surface area (Å²) in [6, 6.07) is 12.3. The maximum absolute atomic E-state index is 13.9. The Morgan fingerprint density at radius 3 is 2.24 bits per heavy atom. The third kappa shape index (κ3) is 5.42. The monoisotopic (exact) mass is 403 g/mol. The summed E-state index contributed by atoms with van der Waals surface area (Å²) in [6.07, 6.45) is -2.11. The van der Waals surface area contributed by atoms with E-state index in [1.165, 1.54) is 6.07 Å². The molecule has 0 aromatic heterocycles. The third-order valence-electron chi connectivity index (χ3n) is 6.23. The number of likely N-dealkylation sites (tertiary alicyclic amines) is 1. The van der Waals surface area contributed by atoms with Gasteiger partial charge in [-0.15, -0.1) is 0 Å². The molecule has 0 N–H and O–H groups in total. The highest BCUT2D eigenvalue weighted by Crippen LogP contribution is 2.38. The first-order valence-electron chi connectivity index (χ1n) is 10.7. The normalized spacial score (nSPS) is 16.7. The van der Waals surface area contributed by atoms with Crippen LogP contribution in [0.1, 0.15) is 63.1 Å². The van der Waals surface area contributed by atoms with E-state index in [0.717, 1.165) is 43.0 Å². The lowest BCUT2D eigenvalue weighted by atomic mass is 9.86. The summed E-state index contributed by atoms with van der Waals surface area (Å²) >= 11 is 0. The Balaban J connectivity index is 1.85. The molecule has 1 aliphatic rings. The molecule has 0 amide bonds. The van der Waals surface area contributed by atoms with E-state index in [1.54, 1.807) is 12.1 Å². The second kappa shape index (κ2) is 8.91. The molecule has 0 atom stereocenters. The Hall–Kier alpha value is -1.81. The van der Waals surface area contributed by atoms with Crippen molar-refractivity contribution < 1.29 is 13.2 Å². The van der Waals surface area contributed by atoms with Crippen molar-refractivity contribution in [1.29, 1.82) is 0 Å². The second-order valence-electron chi connectivity index (χ2n) is 9.02. The average molecular weight is 404 g/mol. The molecule has 1 aliphatic heterocycles. The van der Waals surface area contributed by atoms with Crippen LogP contribution in [-0.4, -0.2) is 18.0 Å². The molecule has 2 aromatic carbocycles. The number of piperidine rings is 1. The van der Waals surface area contributed by atoms with Crippen LogP contribution in [0, 0.1) is 11.8 Å². The van der Waals surface area contributed by atoms with Gasteiger partial charge in [-0.05, 0) is 72.0 Å². The molecule has 158 valence electrons. The van der Waals surface area contributed by atoms with Gasteiger partial charge in [-0.1, -0.05) is 64.1 Å². The van der Waals surface area contributed by atoms with Gasteiger partial charge in [-0.25, -0.2) is 0 Å². The van der Waals surface area contributed by atoms with Crippen LogP contribution >= 0.6 is 0 Å². The minimum absolute atomic E-state index is 0.266. The van der Waals surface area contributed by atoms with E-state index in [4.69, 9.17) is 0 Å². The number of rotatable bonds is 5. The SMILES string of the molecule is CC(C)c1cccc(-c2ccc(CN3CCC(C(C)C)CC3)cc2C(F)(F)F)c1. The topological polar surface area (TPSA) is 3.24 Å². The number of nitrogens with zero attached hydrogens (tertiary/aromatic N) is 1. The number of benzene rings is 2.